The summed E-state index contributed by atoms with van der Waals surface area (Å²) in [7, 11) is 2.17. The van der Waals surface area contributed by atoms with Gasteiger partial charge in [0.1, 0.15) is 0 Å². The van der Waals surface area contributed by atoms with Crippen LogP contribution in [0.25, 0.3) is 99.0 Å². The lowest BCUT2D eigenvalue weighted by molar-refractivity contribution is 1.01. The Morgan fingerprint density at radius 2 is 0.808 bits per heavy atom. The Balaban J connectivity index is 1.15. The van der Waals surface area contributed by atoms with Crippen LogP contribution in [0.1, 0.15) is 0 Å². The van der Waals surface area contributed by atoms with E-state index >= 15 is 0 Å². The lowest BCUT2D eigenvalue weighted by Gasteiger charge is -2.12. The van der Waals surface area contributed by atoms with Crippen molar-refractivity contribution in [1.29, 1.82) is 0 Å². The highest BCUT2D eigenvalue weighted by molar-refractivity contribution is 6.16. The first-order valence-electron chi connectivity index (χ1n) is 17.9. The van der Waals surface area contributed by atoms with Gasteiger partial charge in [-0.1, -0.05) is 115 Å². The molecule has 0 amide bonds. The molecule has 0 aliphatic carbocycles. The predicted molar refractivity (Wildman–Crippen MR) is 220 cm³/mol. The lowest BCUT2D eigenvalue weighted by Crippen LogP contribution is -1.95. The van der Waals surface area contributed by atoms with Gasteiger partial charge in [0.15, 0.2) is 0 Å². The van der Waals surface area contributed by atoms with Crippen molar-refractivity contribution in [1.82, 2.24) is 13.7 Å². The maximum absolute atomic E-state index is 2.45. The first-order valence-corrected chi connectivity index (χ1v) is 17.9. The van der Waals surface area contributed by atoms with Crippen molar-refractivity contribution in [3.8, 4) is 33.6 Å². The van der Waals surface area contributed by atoms with Crippen molar-refractivity contribution >= 4 is 65.4 Å². The minimum absolute atomic E-state index is 1.15. The highest BCUT2D eigenvalue weighted by Gasteiger charge is 2.19. The average Bonchev–Trinajstić information content (AvgIpc) is 3.83. The molecule has 0 N–H and O–H groups in total. The van der Waals surface area contributed by atoms with Crippen LogP contribution in [0.5, 0.6) is 0 Å². The summed E-state index contributed by atoms with van der Waals surface area (Å²) in [5.41, 5.74) is 14.5. The molecule has 3 aromatic heterocycles. The number of fused-ring (bicyclic) bond motifs is 9. The van der Waals surface area contributed by atoms with Crippen molar-refractivity contribution in [2.45, 2.75) is 0 Å². The quantitative estimate of drug-likeness (QED) is 0.178. The number of hydrogen-bond acceptors (Lipinski definition) is 0. The van der Waals surface area contributed by atoms with Crippen molar-refractivity contribution < 1.29 is 0 Å². The van der Waals surface area contributed by atoms with Crippen LogP contribution in [0.3, 0.4) is 0 Å². The Labute approximate surface area is 300 Å². The van der Waals surface area contributed by atoms with E-state index in [1.807, 2.05) is 0 Å². The SMILES string of the molecule is Cn1c2ccccc2c2ccc(-c3ccc4c(c3)c3cccc(-c5ccc6c(c5)c5ccccc5n6-c5ccccc5)c3n4-c3ccccc3)cc21. The van der Waals surface area contributed by atoms with E-state index in [0.29, 0.717) is 0 Å². The fraction of sp³-hybridized carbons (Fsp3) is 0.0204. The Morgan fingerprint density at radius 3 is 1.58 bits per heavy atom. The molecule has 0 aliphatic rings. The molecule has 52 heavy (non-hydrogen) atoms. The smallest absolute Gasteiger partial charge is 0.0619 e. The molecule has 0 saturated heterocycles. The number of para-hydroxylation sites is 5. The van der Waals surface area contributed by atoms with Gasteiger partial charge in [-0.15, -0.1) is 0 Å². The molecule has 3 heteroatoms. The average molecular weight is 664 g/mol. The third-order valence-electron chi connectivity index (χ3n) is 11.0. The molecule has 0 saturated carbocycles. The summed E-state index contributed by atoms with van der Waals surface area (Å²) in [5, 5.41) is 7.59. The second kappa shape index (κ2) is 11.1. The van der Waals surface area contributed by atoms with E-state index in [2.05, 4.69) is 203 Å². The third kappa shape index (κ3) is 4.14. The summed E-state index contributed by atoms with van der Waals surface area (Å²) in [4.78, 5) is 0. The van der Waals surface area contributed by atoms with Gasteiger partial charge in [-0.05, 0) is 83.4 Å². The molecule has 11 rings (SSSR count). The molecule has 0 fully saturated rings. The Bertz CT molecular complexity index is 3180. The molecule has 0 radical (unpaired) electrons. The molecular weight excluding hydrogens is 631 g/mol. The number of rotatable bonds is 4. The third-order valence-corrected chi connectivity index (χ3v) is 11.0. The van der Waals surface area contributed by atoms with Crippen LogP contribution in [-0.2, 0) is 7.05 Å². The van der Waals surface area contributed by atoms with E-state index in [4.69, 9.17) is 0 Å². The predicted octanol–water partition coefficient (Wildman–Crippen LogP) is 12.9. The maximum Gasteiger partial charge on any atom is 0.0619 e. The Kier molecular flexibility index (Phi) is 6.17. The van der Waals surface area contributed by atoms with Crippen LogP contribution >= 0.6 is 0 Å². The highest BCUT2D eigenvalue weighted by Crippen LogP contribution is 2.42. The van der Waals surface area contributed by atoms with Gasteiger partial charge in [0, 0.05) is 67.3 Å². The normalized spacial score (nSPS) is 11.9. The van der Waals surface area contributed by atoms with Gasteiger partial charge in [-0.25, -0.2) is 0 Å². The number of nitrogens with zero attached hydrogens (tertiary/aromatic N) is 3. The van der Waals surface area contributed by atoms with Crippen molar-refractivity contribution in [3.63, 3.8) is 0 Å². The first kappa shape index (κ1) is 28.9. The lowest BCUT2D eigenvalue weighted by atomic mass is 9.98. The van der Waals surface area contributed by atoms with Crippen molar-refractivity contribution in [2.75, 3.05) is 0 Å². The zero-order valence-corrected chi connectivity index (χ0v) is 28.7. The van der Waals surface area contributed by atoms with Crippen LogP contribution < -0.4 is 0 Å². The van der Waals surface area contributed by atoms with E-state index < -0.39 is 0 Å². The van der Waals surface area contributed by atoms with E-state index in [1.54, 1.807) is 0 Å². The molecule has 0 bridgehead atoms. The summed E-state index contributed by atoms with van der Waals surface area (Å²) >= 11 is 0. The molecule has 0 spiro atoms. The van der Waals surface area contributed by atoms with Crippen LogP contribution in [0, 0.1) is 0 Å². The van der Waals surface area contributed by atoms with Crippen molar-refractivity contribution in [3.05, 3.63) is 182 Å². The molecule has 0 aliphatic heterocycles. The fourth-order valence-corrected chi connectivity index (χ4v) is 8.66. The van der Waals surface area contributed by atoms with Gasteiger partial charge < -0.3 is 13.7 Å². The topological polar surface area (TPSA) is 14.8 Å². The molecule has 3 nitrogen and oxygen atoms in total. The summed E-state index contributed by atoms with van der Waals surface area (Å²) < 4.78 is 7.15. The van der Waals surface area contributed by atoms with Gasteiger partial charge >= 0.3 is 0 Å². The number of benzene rings is 8. The van der Waals surface area contributed by atoms with E-state index in [-0.39, 0.29) is 0 Å². The van der Waals surface area contributed by atoms with Crippen LogP contribution in [0.4, 0.5) is 0 Å². The minimum Gasteiger partial charge on any atom is -0.344 e. The second-order valence-corrected chi connectivity index (χ2v) is 13.8. The van der Waals surface area contributed by atoms with E-state index in [0.717, 1.165) is 5.69 Å². The molecule has 0 unspecified atom stereocenters. The fourth-order valence-electron chi connectivity index (χ4n) is 8.66. The van der Waals surface area contributed by atoms with Crippen molar-refractivity contribution in [2.24, 2.45) is 7.05 Å². The Morgan fingerprint density at radius 1 is 0.308 bits per heavy atom. The highest BCUT2D eigenvalue weighted by atomic mass is 15.0. The number of hydrogen-bond donors (Lipinski definition) is 0. The zero-order chi connectivity index (χ0) is 34.3. The summed E-state index contributed by atoms with van der Waals surface area (Å²) in [6, 6.07) is 66.6. The molecule has 11 aromatic rings. The first-order chi connectivity index (χ1) is 25.7. The molecule has 0 atom stereocenters. The number of aryl methyl sites for hydroxylation is 1. The van der Waals surface area contributed by atoms with Crippen LogP contribution in [0.2, 0.25) is 0 Å². The minimum atomic E-state index is 1.15. The van der Waals surface area contributed by atoms with E-state index in [9.17, 15) is 0 Å². The summed E-state index contributed by atoms with van der Waals surface area (Å²) in [5.74, 6) is 0. The second-order valence-electron chi connectivity index (χ2n) is 13.8. The largest absolute Gasteiger partial charge is 0.344 e. The van der Waals surface area contributed by atoms with Gasteiger partial charge in [0.2, 0.25) is 0 Å². The van der Waals surface area contributed by atoms with Gasteiger partial charge in [-0.2, -0.15) is 0 Å². The summed E-state index contributed by atoms with van der Waals surface area (Å²) in [6.07, 6.45) is 0. The van der Waals surface area contributed by atoms with Gasteiger partial charge in [-0.3, -0.25) is 0 Å². The molecular formula is C49H33N3. The monoisotopic (exact) mass is 663 g/mol. The molecule has 3 heterocycles. The molecule has 244 valence electrons. The van der Waals surface area contributed by atoms with Gasteiger partial charge in [0.05, 0.1) is 22.1 Å². The maximum atomic E-state index is 2.45. The standard InChI is InChI=1S/C49H33N3/c1-50-44-21-10-8-17-38(44)40-26-23-33(31-48(40)50)32-24-27-47-43(29-32)41-20-12-19-37(49(41)52(47)36-15-6-3-7-16-36)34-25-28-46-42(30-34)39-18-9-11-22-45(39)51(46)35-13-4-2-5-14-35/h2-31H,1H3. The number of aromatic nitrogens is 3. The summed E-state index contributed by atoms with van der Waals surface area (Å²) in [6.45, 7) is 0. The van der Waals surface area contributed by atoms with E-state index in [1.165, 1.54) is 93.4 Å². The van der Waals surface area contributed by atoms with Crippen LogP contribution in [0.15, 0.2) is 182 Å². The Hall–Kier alpha value is -6.84. The zero-order valence-electron chi connectivity index (χ0n) is 28.7. The molecule has 8 aromatic carbocycles. The van der Waals surface area contributed by atoms with Gasteiger partial charge in [0.25, 0.3) is 0 Å². The van der Waals surface area contributed by atoms with Crippen LogP contribution in [-0.4, -0.2) is 13.7 Å².